The SMILES string of the molecule is CS(=O)(=O)CC1(CC(=O)N2CC(C(=O)O)C(c3ccccc3)C2)CC1. The van der Waals surface area contributed by atoms with E-state index in [1.165, 1.54) is 6.26 Å². The first-order chi connectivity index (χ1) is 11.7. The monoisotopic (exact) mass is 365 g/mol. The molecular weight excluding hydrogens is 342 g/mol. The molecule has 3 rings (SSSR count). The lowest BCUT2D eigenvalue weighted by atomic mass is 9.89. The summed E-state index contributed by atoms with van der Waals surface area (Å²) in [6.07, 6.45) is 2.86. The number of carboxylic acid groups (broad SMARTS) is 1. The van der Waals surface area contributed by atoms with Gasteiger partial charge in [-0.2, -0.15) is 0 Å². The predicted molar refractivity (Wildman–Crippen MR) is 92.9 cm³/mol. The highest BCUT2D eigenvalue weighted by molar-refractivity contribution is 7.90. The minimum absolute atomic E-state index is 0.0318. The van der Waals surface area contributed by atoms with E-state index >= 15 is 0 Å². The van der Waals surface area contributed by atoms with E-state index in [0.29, 0.717) is 6.54 Å². The number of sulfone groups is 1. The fourth-order valence-electron chi connectivity index (χ4n) is 3.83. The molecule has 136 valence electrons. The van der Waals surface area contributed by atoms with Crippen LogP contribution in [0.1, 0.15) is 30.7 Å². The molecule has 25 heavy (non-hydrogen) atoms. The third-order valence-corrected chi connectivity index (χ3v) is 6.41. The van der Waals surface area contributed by atoms with E-state index in [1.807, 2.05) is 30.3 Å². The molecule has 0 aromatic heterocycles. The first kappa shape index (κ1) is 17.9. The van der Waals surface area contributed by atoms with Gasteiger partial charge in [0.05, 0.1) is 11.7 Å². The fourth-order valence-corrected chi connectivity index (χ4v) is 5.34. The zero-order chi connectivity index (χ0) is 18.2. The average molecular weight is 365 g/mol. The summed E-state index contributed by atoms with van der Waals surface area (Å²) in [6, 6.07) is 9.38. The van der Waals surface area contributed by atoms with Gasteiger partial charge in [0.15, 0.2) is 0 Å². The summed E-state index contributed by atoms with van der Waals surface area (Å²) in [5.41, 5.74) is 0.483. The zero-order valence-electron chi connectivity index (χ0n) is 14.2. The Kier molecular flexibility index (Phi) is 4.62. The van der Waals surface area contributed by atoms with Gasteiger partial charge in [-0.25, -0.2) is 8.42 Å². The number of hydrogen-bond donors (Lipinski definition) is 1. The number of amides is 1. The Hall–Kier alpha value is -1.89. The number of carboxylic acids is 1. The van der Waals surface area contributed by atoms with Crippen LogP contribution in [0.5, 0.6) is 0 Å². The van der Waals surface area contributed by atoms with Gasteiger partial charge in [-0.15, -0.1) is 0 Å². The van der Waals surface area contributed by atoms with E-state index in [4.69, 9.17) is 0 Å². The highest BCUT2D eigenvalue weighted by Crippen LogP contribution is 2.50. The second-order valence-electron chi connectivity index (χ2n) is 7.51. The van der Waals surface area contributed by atoms with E-state index < -0.39 is 27.1 Å². The molecule has 1 saturated heterocycles. The third-order valence-electron chi connectivity index (χ3n) is 5.27. The quantitative estimate of drug-likeness (QED) is 0.825. The van der Waals surface area contributed by atoms with Crippen molar-refractivity contribution in [1.29, 1.82) is 0 Å². The number of nitrogens with zero attached hydrogens (tertiary/aromatic N) is 1. The van der Waals surface area contributed by atoms with Crippen LogP contribution < -0.4 is 0 Å². The molecule has 1 saturated carbocycles. The molecule has 6 nitrogen and oxygen atoms in total. The summed E-state index contributed by atoms with van der Waals surface area (Å²) in [7, 11) is -3.13. The van der Waals surface area contributed by atoms with Crippen LogP contribution in [0.4, 0.5) is 0 Å². The maximum atomic E-state index is 12.7. The Bertz CT molecular complexity index is 770. The highest BCUT2D eigenvalue weighted by Gasteiger charge is 2.49. The second-order valence-corrected chi connectivity index (χ2v) is 9.65. The molecule has 1 heterocycles. The fraction of sp³-hybridized carbons (Fsp3) is 0.556. The number of benzene rings is 1. The molecule has 0 spiro atoms. The van der Waals surface area contributed by atoms with Gasteiger partial charge in [0, 0.05) is 31.7 Å². The van der Waals surface area contributed by atoms with Crippen LogP contribution in [-0.2, 0) is 19.4 Å². The molecule has 0 bridgehead atoms. The van der Waals surface area contributed by atoms with Crippen molar-refractivity contribution in [3.63, 3.8) is 0 Å². The van der Waals surface area contributed by atoms with Gasteiger partial charge in [-0.05, 0) is 23.8 Å². The van der Waals surface area contributed by atoms with Gasteiger partial charge in [-0.3, -0.25) is 9.59 Å². The molecule has 1 aliphatic heterocycles. The van der Waals surface area contributed by atoms with Crippen LogP contribution in [-0.4, -0.2) is 55.4 Å². The van der Waals surface area contributed by atoms with Crippen molar-refractivity contribution in [2.24, 2.45) is 11.3 Å². The van der Waals surface area contributed by atoms with Crippen LogP contribution in [0.2, 0.25) is 0 Å². The van der Waals surface area contributed by atoms with Crippen LogP contribution in [0.15, 0.2) is 30.3 Å². The van der Waals surface area contributed by atoms with Gasteiger partial charge in [0.2, 0.25) is 5.91 Å². The maximum Gasteiger partial charge on any atom is 0.308 e. The molecule has 2 unspecified atom stereocenters. The summed E-state index contributed by atoms with van der Waals surface area (Å²) < 4.78 is 23.1. The molecule has 0 radical (unpaired) electrons. The molecule has 1 aromatic carbocycles. The van der Waals surface area contributed by atoms with Gasteiger partial charge >= 0.3 is 5.97 Å². The largest absolute Gasteiger partial charge is 0.481 e. The van der Waals surface area contributed by atoms with E-state index in [2.05, 4.69) is 0 Å². The Morgan fingerprint density at radius 1 is 1.20 bits per heavy atom. The molecule has 1 N–H and O–H groups in total. The normalized spacial score (nSPS) is 24.9. The van der Waals surface area contributed by atoms with Crippen LogP contribution in [0.25, 0.3) is 0 Å². The molecule has 1 aromatic rings. The Labute approximate surface area is 147 Å². The van der Waals surface area contributed by atoms with Gasteiger partial charge < -0.3 is 10.0 Å². The molecule has 2 aliphatic rings. The second kappa shape index (κ2) is 6.44. The Morgan fingerprint density at radius 3 is 2.36 bits per heavy atom. The smallest absolute Gasteiger partial charge is 0.308 e. The summed E-state index contributed by atoms with van der Waals surface area (Å²) in [5.74, 6) is -1.86. The first-order valence-corrected chi connectivity index (χ1v) is 10.5. The maximum absolute atomic E-state index is 12.7. The number of hydrogen-bond acceptors (Lipinski definition) is 4. The summed E-state index contributed by atoms with van der Waals surface area (Å²) in [6.45, 7) is 0.553. The van der Waals surface area contributed by atoms with Crippen LogP contribution in [0.3, 0.4) is 0 Å². The van der Waals surface area contributed by atoms with Crippen molar-refractivity contribution >= 4 is 21.7 Å². The molecular formula is C18H23NO5S. The highest BCUT2D eigenvalue weighted by atomic mass is 32.2. The van der Waals surface area contributed by atoms with Gasteiger partial charge in [0.25, 0.3) is 0 Å². The number of aliphatic carboxylic acids is 1. The molecule has 1 amide bonds. The van der Waals surface area contributed by atoms with Crippen molar-refractivity contribution in [3.05, 3.63) is 35.9 Å². The zero-order valence-corrected chi connectivity index (χ0v) is 15.0. The van der Waals surface area contributed by atoms with Crippen molar-refractivity contribution in [3.8, 4) is 0 Å². The van der Waals surface area contributed by atoms with E-state index in [1.54, 1.807) is 4.90 Å². The topological polar surface area (TPSA) is 91.8 Å². The number of rotatable bonds is 6. The molecule has 1 aliphatic carbocycles. The van der Waals surface area contributed by atoms with E-state index in [0.717, 1.165) is 18.4 Å². The van der Waals surface area contributed by atoms with E-state index in [-0.39, 0.29) is 30.5 Å². The molecule has 7 heteroatoms. The van der Waals surface area contributed by atoms with Crippen molar-refractivity contribution in [2.75, 3.05) is 25.1 Å². The van der Waals surface area contributed by atoms with E-state index in [9.17, 15) is 23.1 Å². The van der Waals surface area contributed by atoms with Crippen LogP contribution in [0, 0.1) is 11.3 Å². The number of likely N-dealkylation sites (tertiary alicyclic amines) is 1. The Balaban J connectivity index is 1.71. The summed E-state index contributed by atoms with van der Waals surface area (Å²) >= 11 is 0. The van der Waals surface area contributed by atoms with Gasteiger partial charge in [-0.1, -0.05) is 30.3 Å². The summed E-state index contributed by atoms with van der Waals surface area (Å²) in [5, 5.41) is 9.53. The minimum Gasteiger partial charge on any atom is -0.481 e. The van der Waals surface area contributed by atoms with Gasteiger partial charge in [0.1, 0.15) is 9.84 Å². The van der Waals surface area contributed by atoms with Crippen molar-refractivity contribution in [1.82, 2.24) is 4.90 Å². The lowest BCUT2D eigenvalue weighted by molar-refractivity contribution is -0.141. The van der Waals surface area contributed by atoms with Crippen molar-refractivity contribution in [2.45, 2.75) is 25.2 Å². The summed E-state index contributed by atoms with van der Waals surface area (Å²) in [4.78, 5) is 25.9. The lowest BCUT2D eigenvalue weighted by Crippen LogP contribution is -2.33. The van der Waals surface area contributed by atoms with Crippen LogP contribution >= 0.6 is 0 Å². The molecule has 2 fully saturated rings. The number of carbonyl (C=O) groups excluding carboxylic acids is 1. The molecule has 2 atom stereocenters. The van der Waals surface area contributed by atoms with Crippen molar-refractivity contribution < 1.29 is 23.1 Å². The lowest BCUT2D eigenvalue weighted by Gasteiger charge is -2.20. The first-order valence-electron chi connectivity index (χ1n) is 8.42. The predicted octanol–water partition coefficient (Wildman–Crippen LogP) is 1.53. The average Bonchev–Trinajstić information content (AvgIpc) is 3.11. The standard InChI is InChI=1S/C18H23NO5S/c1-25(23,24)12-18(7-8-18)9-16(20)19-10-14(15(11-19)17(21)22)13-5-3-2-4-6-13/h2-6,14-15H,7-12H2,1H3,(H,21,22). The minimum atomic E-state index is -3.13. The third kappa shape index (κ3) is 4.21. The number of carbonyl (C=O) groups is 2. The Morgan fingerprint density at radius 2 is 1.84 bits per heavy atom.